The Balaban J connectivity index is 1.85. The number of aliphatic hydroxyl groups is 1. The Bertz CT molecular complexity index is 716. The average Bonchev–Trinajstić information content (AvgIpc) is 2.96. The number of anilines is 1. The maximum atomic E-state index is 13.1. The van der Waals surface area contributed by atoms with E-state index in [2.05, 4.69) is 4.98 Å². The molecule has 126 valence electrons. The predicted octanol–water partition coefficient (Wildman–Crippen LogP) is 2.23. The van der Waals surface area contributed by atoms with Crippen molar-refractivity contribution in [3.05, 3.63) is 59.5 Å². The number of likely N-dealkylation sites (tertiary alicyclic amines) is 1. The second-order valence-electron chi connectivity index (χ2n) is 6.21. The molecule has 0 radical (unpaired) electrons. The van der Waals surface area contributed by atoms with Crippen LogP contribution in [0.4, 0.5) is 10.2 Å². The highest BCUT2D eigenvalue weighted by atomic mass is 19.1. The maximum absolute atomic E-state index is 13.1. The van der Waals surface area contributed by atoms with Gasteiger partial charge in [-0.3, -0.25) is 4.79 Å². The number of benzene rings is 1. The molecule has 0 aliphatic carbocycles. The van der Waals surface area contributed by atoms with Gasteiger partial charge in [0.15, 0.2) is 0 Å². The fourth-order valence-electron chi connectivity index (χ4n) is 2.98. The van der Waals surface area contributed by atoms with E-state index in [9.17, 15) is 14.3 Å². The Morgan fingerprint density at radius 1 is 1.25 bits per heavy atom. The lowest BCUT2D eigenvalue weighted by molar-refractivity contribution is 0.0715. The van der Waals surface area contributed by atoms with Crippen molar-refractivity contribution >= 4 is 11.7 Å². The first-order valence-electron chi connectivity index (χ1n) is 7.83. The van der Waals surface area contributed by atoms with Gasteiger partial charge in [0.05, 0.1) is 17.7 Å². The van der Waals surface area contributed by atoms with Gasteiger partial charge in [-0.1, -0.05) is 12.1 Å². The molecule has 1 aliphatic rings. The van der Waals surface area contributed by atoms with Crippen LogP contribution in [-0.2, 0) is 0 Å². The van der Waals surface area contributed by atoms with Crippen LogP contribution in [0.25, 0.3) is 0 Å². The van der Waals surface area contributed by atoms with Crippen molar-refractivity contribution < 1.29 is 14.3 Å². The maximum Gasteiger partial charge on any atom is 0.256 e. The lowest BCUT2D eigenvalue weighted by atomic mass is 10.0. The lowest BCUT2D eigenvalue weighted by Crippen LogP contribution is -2.32. The van der Waals surface area contributed by atoms with Gasteiger partial charge < -0.3 is 14.9 Å². The number of carbonyl (C=O) groups is 1. The Kier molecular flexibility index (Phi) is 4.49. The molecule has 2 atom stereocenters. The van der Waals surface area contributed by atoms with E-state index < -0.39 is 6.10 Å². The quantitative estimate of drug-likeness (QED) is 0.938. The van der Waals surface area contributed by atoms with Gasteiger partial charge in [0.25, 0.3) is 5.91 Å². The molecular formula is C18H20FN3O2. The zero-order chi connectivity index (χ0) is 17.3. The molecule has 1 aromatic carbocycles. The van der Waals surface area contributed by atoms with E-state index >= 15 is 0 Å². The minimum absolute atomic E-state index is 0.182. The van der Waals surface area contributed by atoms with Gasteiger partial charge in [-0.2, -0.15) is 0 Å². The zero-order valence-corrected chi connectivity index (χ0v) is 13.7. The molecular weight excluding hydrogens is 309 g/mol. The minimum atomic E-state index is -0.585. The van der Waals surface area contributed by atoms with E-state index in [0.29, 0.717) is 12.0 Å². The topological polar surface area (TPSA) is 56.7 Å². The van der Waals surface area contributed by atoms with Gasteiger partial charge >= 0.3 is 0 Å². The monoisotopic (exact) mass is 329 g/mol. The molecule has 1 fully saturated rings. The predicted molar refractivity (Wildman–Crippen MR) is 89.4 cm³/mol. The number of aliphatic hydroxyl groups excluding tert-OH is 1. The Morgan fingerprint density at radius 2 is 1.96 bits per heavy atom. The van der Waals surface area contributed by atoms with E-state index in [4.69, 9.17) is 0 Å². The summed E-state index contributed by atoms with van der Waals surface area (Å²) in [5.41, 5.74) is 1.29. The number of aromatic nitrogens is 1. The van der Waals surface area contributed by atoms with Crippen LogP contribution >= 0.6 is 0 Å². The van der Waals surface area contributed by atoms with Crippen molar-refractivity contribution in [2.24, 2.45) is 0 Å². The fourth-order valence-corrected chi connectivity index (χ4v) is 2.98. The average molecular weight is 329 g/mol. The van der Waals surface area contributed by atoms with Gasteiger partial charge in [0.2, 0.25) is 0 Å². The number of pyridine rings is 1. The third-order valence-corrected chi connectivity index (χ3v) is 4.25. The van der Waals surface area contributed by atoms with Gasteiger partial charge in [0, 0.05) is 26.8 Å². The van der Waals surface area contributed by atoms with Crippen molar-refractivity contribution in [1.82, 2.24) is 9.88 Å². The summed E-state index contributed by atoms with van der Waals surface area (Å²) in [6.07, 6.45) is 1.41. The number of hydrogen-bond acceptors (Lipinski definition) is 4. The zero-order valence-electron chi connectivity index (χ0n) is 13.7. The molecule has 6 heteroatoms. The number of halogens is 1. The van der Waals surface area contributed by atoms with Crippen LogP contribution in [0.1, 0.15) is 28.4 Å². The van der Waals surface area contributed by atoms with Crippen molar-refractivity contribution in [3.63, 3.8) is 0 Å². The molecule has 1 aliphatic heterocycles. The van der Waals surface area contributed by atoms with Crippen LogP contribution in [-0.4, -0.2) is 47.6 Å². The van der Waals surface area contributed by atoms with E-state index in [0.717, 1.165) is 11.4 Å². The van der Waals surface area contributed by atoms with Gasteiger partial charge in [-0.05, 0) is 36.2 Å². The second-order valence-corrected chi connectivity index (χ2v) is 6.21. The summed E-state index contributed by atoms with van der Waals surface area (Å²) in [4.78, 5) is 20.6. The molecule has 5 nitrogen and oxygen atoms in total. The molecule has 0 bridgehead atoms. The Hall–Kier alpha value is -2.47. The number of rotatable bonds is 3. The number of β-amino-alcohol motifs (C(OH)–C–C–N with tert-alkyl or cyclic N) is 1. The fraction of sp³-hybridized carbons (Fsp3) is 0.333. The Labute approximate surface area is 140 Å². The number of hydrogen-bond donors (Lipinski definition) is 1. The van der Waals surface area contributed by atoms with E-state index in [1.165, 1.54) is 12.1 Å². The van der Waals surface area contributed by atoms with Crippen molar-refractivity contribution in [2.75, 3.05) is 25.5 Å². The summed E-state index contributed by atoms with van der Waals surface area (Å²) in [6, 6.07) is 9.31. The third-order valence-electron chi connectivity index (χ3n) is 4.25. The highest BCUT2D eigenvalue weighted by Crippen LogP contribution is 2.33. The van der Waals surface area contributed by atoms with Crippen molar-refractivity contribution in [3.8, 4) is 0 Å². The summed E-state index contributed by atoms with van der Waals surface area (Å²) in [6.45, 7) is 0.260. The second kappa shape index (κ2) is 6.57. The van der Waals surface area contributed by atoms with Crippen LogP contribution in [0.2, 0.25) is 0 Å². The standard InChI is InChI=1S/C18H20FN3O2/c1-21(2)17-8-5-13(10-20-17)18(24)22-11-15(23)9-16(22)12-3-6-14(19)7-4-12/h3-8,10,15-16,23H,9,11H2,1-2H3. The summed E-state index contributed by atoms with van der Waals surface area (Å²) < 4.78 is 13.1. The van der Waals surface area contributed by atoms with Crippen LogP contribution < -0.4 is 4.90 Å². The molecule has 0 saturated carbocycles. The highest BCUT2D eigenvalue weighted by molar-refractivity contribution is 5.94. The molecule has 1 N–H and O–H groups in total. The first kappa shape index (κ1) is 16.4. The molecule has 1 aromatic heterocycles. The van der Waals surface area contributed by atoms with Crippen LogP contribution in [0.3, 0.4) is 0 Å². The number of carbonyl (C=O) groups excluding carboxylic acids is 1. The molecule has 3 rings (SSSR count). The summed E-state index contributed by atoms with van der Waals surface area (Å²) in [5.74, 6) is 0.264. The van der Waals surface area contributed by atoms with Gasteiger partial charge in [-0.25, -0.2) is 9.37 Å². The highest BCUT2D eigenvalue weighted by Gasteiger charge is 2.35. The number of nitrogens with zero attached hydrogens (tertiary/aromatic N) is 3. The first-order valence-corrected chi connectivity index (χ1v) is 7.83. The van der Waals surface area contributed by atoms with Crippen LogP contribution in [0, 0.1) is 5.82 Å². The van der Waals surface area contributed by atoms with Crippen LogP contribution in [0.15, 0.2) is 42.6 Å². The molecule has 0 spiro atoms. The summed E-state index contributed by atoms with van der Waals surface area (Å²) >= 11 is 0. The van der Waals surface area contributed by atoms with E-state index in [-0.39, 0.29) is 24.3 Å². The molecule has 1 amide bonds. The van der Waals surface area contributed by atoms with E-state index in [1.807, 2.05) is 19.0 Å². The smallest absolute Gasteiger partial charge is 0.256 e. The van der Waals surface area contributed by atoms with Crippen molar-refractivity contribution in [1.29, 1.82) is 0 Å². The van der Waals surface area contributed by atoms with Gasteiger partial charge in [0.1, 0.15) is 11.6 Å². The molecule has 1 saturated heterocycles. The SMILES string of the molecule is CN(C)c1ccc(C(=O)N2CC(O)CC2c2ccc(F)cc2)cn1. The lowest BCUT2D eigenvalue weighted by Gasteiger charge is -2.25. The molecule has 2 heterocycles. The third kappa shape index (κ3) is 3.23. The normalized spacial score (nSPS) is 20.2. The Morgan fingerprint density at radius 3 is 2.54 bits per heavy atom. The van der Waals surface area contributed by atoms with Gasteiger partial charge in [-0.15, -0.1) is 0 Å². The summed E-state index contributed by atoms with van der Waals surface area (Å²) in [7, 11) is 3.76. The molecule has 2 aromatic rings. The van der Waals surface area contributed by atoms with Crippen LogP contribution in [0.5, 0.6) is 0 Å². The number of amides is 1. The van der Waals surface area contributed by atoms with Crippen molar-refractivity contribution in [2.45, 2.75) is 18.6 Å². The minimum Gasteiger partial charge on any atom is -0.391 e. The largest absolute Gasteiger partial charge is 0.391 e. The summed E-state index contributed by atoms with van der Waals surface area (Å²) in [5, 5.41) is 10.0. The molecule has 2 unspecified atom stereocenters. The van der Waals surface area contributed by atoms with E-state index in [1.54, 1.807) is 35.4 Å². The molecule has 24 heavy (non-hydrogen) atoms. The first-order chi connectivity index (χ1) is 11.5.